The lowest BCUT2D eigenvalue weighted by Gasteiger charge is -2.32. The second-order valence-electron chi connectivity index (χ2n) is 12.6. The van der Waals surface area contributed by atoms with E-state index in [0.29, 0.717) is 30.3 Å². The Morgan fingerprint density at radius 3 is 1.52 bits per heavy atom. The van der Waals surface area contributed by atoms with E-state index in [1.807, 2.05) is 84.9 Å². The smallest absolute Gasteiger partial charge is 0.435 e. The zero-order valence-corrected chi connectivity index (χ0v) is 29.4. The second kappa shape index (κ2) is 20.2. The molecule has 4 aromatic rings. The molecular formula is C41H47N5O6. The van der Waals surface area contributed by atoms with Gasteiger partial charge in [0.15, 0.2) is 0 Å². The maximum absolute atomic E-state index is 12.0. The predicted molar refractivity (Wildman–Crippen MR) is 202 cm³/mol. The predicted octanol–water partition coefficient (Wildman–Crippen LogP) is 7.11. The number of benzene rings is 4. The van der Waals surface area contributed by atoms with Crippen molar-refractivity contribution < 1.29 is 28.5 Å². The Morgan fingerprint density at radius 1 is 0.615 bits per heavy atom. The molecule has 0 unspecified atom stereocenters. The molecule has 11 nitrogen and oxygen atoms in total. The number of piperidine rings is 1. The van der Waals surface area contributed by atoms with E-state index in [0.717, 1.165) is 61.5 Å². The third-order valence-corrected chi connectivity index (χ3v) is 8.75. The minimum Gasteiger partial charge on any atom is -0.494 e. The number of carbonyl (C=O) groups excluding carboxylic acids is 2. The number of likely N-dealkylation sites (tertiary alicyclic amines) is 1. The lowest BCUT2D eigenvalue weighted by Crippen LogP contribution is -2.35. The van der Waals surface area contributed by atoms with Crippen LogP contribution in [0.2, 0.25) is 0 Å². The summed E-state index contributed by atoms with van der Waals surface area (Å²) >= 11 is 0. The molecule has 272 valence electrons. The average molecular weight is 706 g/mol. The molecule has 11 heteroatoms. The zero-order valence-electron chi connectivity index (χ0n) is 29.4. The fourth-order valence-electron chi connectivity index (χ4n) is 5.81. The largest absolute Gasteiger partial charge is 0.494 e. The summed E-state index contributed by atoms with van der Waals surface area (Å²) in [5.41, 5.74) is 15.0. The first kappa shape index (κ1) is 37.6. The topological polar surface area (TPSA) is 151 Å². The van der Waals surface area contributed by atoms with Crippen LogP contribution in [0.3, 0.4) is 0 Å². The van der Waals surface area contributed by atoms with E-state index in [-0.39, 0.29) is 24.9 Å². The number of hydrogen-bond donors (Lipinski definition) is 2. The molecule has 0 bridgehead atoms. The number of amides is 2. The number of amidine groups is 2. The van der Waals surface area contributed by atoms with Crippen LogP contribution >= 0.6 is 0 Å². The molecule has 1 aliphatic rings. The molecule has 0 saturated carbocycles. The lowest BCUT2D eigenvalue weighted by atomic mass is 9.92. The van der Waals surface area contributed by atoms with E-state index in [1.54, 1.807) is 24.3 Å². The van der Waals surface area contributed by atoms with Crippen molar-refractivity contribution in [3.05, 3.63) is 131 Å². The summed E-state index contributed by atoms with van der Waals surface area (Å²) in [4.78, 5) is 34.3. The third kappa shape index (κ3) is 12.9. The molecule has 4 aromatic carbocycles. The van der Waals surface area contributed by atoms with Crippen LogP contribution in [-0.4, -0.2) is 61.6 Å². The minimum atomic E-state index is -0.727. The van der Waals surface area contributed by atoms with Crippen LogP contribution < -0.4 is 20.9 Å². The third-order valence-electron chi connectivity index (χ3n) is 8.75. The summed E-state index contributed by atoms with van der Waals surface area (Å²) in [6.07, 6.45) is 3.99. The van der Waals surface area contributed by atoms with Gasteiger partial charge in [-0.15, -0.1) is 0 Å². The molecule has 5 rings (SSSR count). The average Bonchev–Trinajstić information content (AvgIpc) is 3.18. The molecule has 0 radical (unpaired) electrons. The molecular weight excluding hydrogens is 658 g/mol. The van der Waals surface area contributed by atoms with Gasteiger partial charge in [-0.1, -0.05) is 60.7 Å². The van der Waals surface area contributed by atoms with E-state index < -0.39 is 12.2 Å². The highest BCUT2D eigenvalue weighted by Gasteiger charge is 2.18. The molecule has 2 amide bonds. The van der Waals surface area contributed by atoms with Crippen LogP contribution in [0, 0.1) is 5.92 Å². The Hall–Kier alpha value is -5.68. The Bertz CT molecular complexity index is 1610. The van der Waals surface area contributed by atoms with Gasteiger partial charge in [0.25, 0.3) is 0 Å². The van der Waals surface area contributed by atoms with Crippen molar-refractivity contribution in [3.8, 4) is 11.5 Å². The normalized spacial score (nSPS) is 14.1. The van der Waals surface area contributed by atoms with E-state index in [4.69, 9.17) is 30.4 Å². The summed E-state index contributed by atoms with van der Waals surface area (Å²) in [6.45, 7) is 4.74. The number of ether oxygens (including phenoxy) is 4. The van der Waals surface area contributed by atoms with Crippen LogP contribution in [0.5, 0.6) is 11.5 Å². The first-order chi connectivity index (χ1) is 25.4. The maximum atomic E-state index is 12.0. The Kier molecular flexibility index (Phi) is 14.6. The summed E-state index contributed by atoms with van der Waals surface area (Å²) in [5, 5.41) is 0. The molecule has 4 N–H and O–H groups in total. The van der Waals surface area contributed by atoms with Crippen LogP contribution in [0.4, 0.5) is 9.59 Å². The molecule has 0 aliphatic carbocycles. The number of nitrogens with two attached hydrogens (primary N) is 2. The quantitative estimate of drug-likeness (QED) is 0.0706. The fourth-order valence-corrected chi connectivity index (χ4v) is 5.81. The number of hydrogen-bond acceptors (Lipinski definition) is 7. The van der Waals surface area contributed by atoms with Gasteiger partial charge in [0.1, 0.15) is 36.4 Å². The van der Waals surface area contributed by atoms with Crippen LogP contribution in [0.15, 0.2) is 119 Å². The van der Waals surface area contributed by atoms with Gasteiger partial charge in [-0.05, 0) is 111 Å². The van der Waals surface area contributed by atoms with Crippen molar-refractivity contribution in [2.45, 2.75) is 45.3 Å². The van der Waals surface area contributed by atoms with Gasteiger partial charge in [-0.25, -0.2) is 9.59 Å². The molecule has 0 spiro atoms. The van der Waals surface area contributed by atoms with Gasteiger partial charge in [0.2, 0.25) is 0 Å². The summed E-state index contributed by atoms with van der Waals surface area (Å²) in [5.74, 6) is 2.40. The van der Waals surface area contributed by atoms with Gasteiger partial charge < -0.3 is 35.3 Å². The van der Waals surface area contributed by atoms with Crippen LogP contribution in [0.25, 0.3) is 0 Å². The van der Waals surface area contributed by atoms with Gasteiger partial charge >= 0.3 is 12.2 Å². The zero-order chi connectivity index (χ0) is 36.4. The second-order valence-corrected chi connectivity index (χ2v) is 12.6. The van der Waals surface area contributed by atoms with E-state index >= 15 is 0 Å². The molecule has 1 saturated heterocycles. The maximum Gasteiger partial charge on any atom is 0.435 e. The summed E-state index contributed by atoms with van der Waals surface area (Å²) < 4.78 is 22.2. The Labute approximate surface area is 305 Å². The van der Waals surface area contributed by atoms with Crippen molar-refractivity contribution >= 4 is 23.9 Å². The van der Waals surface area contributed by atoms with Gasteiger partial charge in [-0.2, -0.15) is 9.98 Å². The van der Waals surface area contributed by atoms with Gasteiger partial charge in [-0.3, -0.25) is 0 Å². The SMILES string of the molecule is N/C(=N\C(=O)OCc1ccccc1)c1ccc(OCCCC2CCN(CCCOc3ccc(/C(N)=N/C(=O)OCc4ccccc4)cc3)CC2)cc1. The minimum absolute atomic E-state index is 0.0979. The molecule has 1 heterocycles. The molecule has 1 fully saturated rings. The highest BCUT2D eigenvalue weighted by molar-refractivity contribution is 6.03. The molecule has 1 aliphatic heterocycles. The van der Waals surface area contributed by atoms with Crippen molar-refractivity contribution in [1.29, 1.82) is 0 Å². The number of nitrogens with zero attached hydrogens (tertiary/aromatic N) is 3. The summed E-state index contributed by atoms with van der Waals surface area (Å²) in [6, 6.07) is 33.3. The van der Waals surface area contributed by atoms with Crippen molar-refractivity contribution in [2.75, 3.05) is 32.8 Å². The number of rotatable bonds is 16. The monoisotopic (exact) mass is 705 g/mol. The number of carbonyl (C=O) groups is 2. The first-order valence-electron chi connectivity index (χ1n) is 17.7. The summed E-state index contributed by atoms with van der Waals surface area (Å²) in [7, 11) is 0. The molecule has 0 atom stereocenters. The Balaban J connectivity index is 0.900. The fraction of sp³-hybridized carbons (Fsp3) is 0.317. The molecule has 52 heavy (non-hydrogen) atoms. The highest BCUT2D eigenvalue weighted by atomic mass is 16.5. The number of aliphatic imine (C=N–C) groups is 2. The van der Waals surface area contributed by atoms with E-state index in [1.165, 1.54) is 12.8 Å². The standard InChI is InChI=1S/C41H47N5O6/c42-38(44-40(47)51-29-32-9-3-1-4-10-32)34-14-18-36(19-15-34)49-27-7-13-31-22-25-46(26-23-31)24-8-28-50-37-20-16-35(17-21-37)39(43)45-41(48)52-30-33-11-5-2-6-12-33/h1-6,9-12,14-21,31H,7-8,13,22-30H2,(H2,42,44,47)(H2,43,45,48). The van der Waals surface area contributed by atoms with E-state index in [2.05, 4.69) is 14.9 Å². The first-order valence-corrected chi connectivity index (χ1v) is 17.7. The highest BCUT2D eigenvalue weighted by Crippen LogP contribution is 2.23. The van der Waals surface area contributed by atoms with Crippen LogP contribution in [-0.2, 0) is 22.7 Å². The van der Waals surface area contributed by atoms with E-state index in [9.17, 15) is 9.59 Å². The van der Waals surface area contributed by atoms with Crippen molar-refractivity contribution in [1.82, 2.24) is 4.90 Å². The van der Waals surface area contributed by atoms with Crippen molar-refractivity contribution in [3.63, 3.8) is 0 Å². The van der Waals surface area contributed by atoms with Crippen molar-refractivity contribution in [2.24, 2.45) is 27.4 Å². The lowest BCUT2D eigenvalue weighted by molar-refractivity contribution is 0.150. The van der Waals surface area contributed by atoms with Crippen LogP contribution in [0.1, 0.15) is 54.4 Å². The van der Waals surface area contributed by atoms with Gasteiger partial charge in [0, 0.05) is 17.7 Å². The molecule has 0 aromatic heterocycles. The Morgan fingerprint density at radius 2 is 1.06 bits per heavy atom. The van der Waals surface area contributed by atoms with Gasteiger partial charge in [0.05, 0.1) is 13.2 Å².